The zero-order valence-electron chi connectivity index (χ0n) is 12.9. The lowest BCUT2D eigenvalue weighted by Crippen LogP contribution is -2.36. The summed E-state index contributed by atoms with van der Waals surface area (Å²) in [6.07, 6.45) is 0. The summed E-state index contributed by atoms with van der Waals surface area (Å²) < 4.78 is 12.9. The fraction of sp³-hybridized carbons (Fsp3) is 0.333. The number of hydrogen-bond donors (Lipinski definition) is 2. The van der Waals surface area contributed by atoms with E-state index in [-0.39, 0.29) is 5.82 Å². The number of halogens is 1. The topological polar surface area (TPSA) is 52.6 Å². The normalized spacial score (nSPS) is 11.4. The summed E-state index contributed by atoms with van der Waals surface area (Å²) in [7, 11) is 5.66. The number of benzene rings is 1. The highest BCUT2D eigenvalue weighted by atomic mass is 32.1. The van der Waals surface area contributed by atoms with Crippen LogP contribution in [0.5, 0.6) is 0 Å². The van der Waals surface area contributed by atoms with E-state index in [1.54, 1.807) is 30.5 Å². The van der Waals surface area contributed by atoms with Gasteiger partial charge in [-0.25, -0.2) is 9.37 Å². The van der Waals surface area contributed by atoms with Crippen LogP contribution in [-0.4, -0.2) is 32.1 Å². The fourth-order valence-corrected chi connectivity index (χ4v) is 2.52. The van der Waals surface area contributed by atoms with Crippen molar-refractivity contribution in [2.45, 2.75) is 13.1 Å². The molecule has 0 radical (unpaired) electrons. The molecule has 0 aliphatic heterocycles. The van der Waals surface area contributed by atoms with Crippen LogP contribution in [0.25, 0.3) is 0 Å². The first kappa shape index (κ1) is 16.2. The minimum atomic E-state index is -0.230. The third-order valence-electron chi connectivity index (χ3n) is 2.96. The first-order valence-corrected chi connectivity index (χ1v) is 7.77. The van der Waals surface area contributed by atoms with Crippen LogP contribution in [0.15, 0.2) is 34.6 Å². The van der Waals surface area contributed by atoms with Crippen LogP contribution < -0.4 is 15.5 Å². The van der Waals surface area contributed by atoms with Crippen LogP contribution in [0.1, 0.15) is 11.3 Å². The van der Waals surface area contributed by atoms with Crippen molar-refractivity contribution in [3.8, 4) is 0 Å². The molecule has 0 bridgehead atoms. The van der Waals surface area contributed by atoms with E-state index in [2.05, 4.69) is 20.6 Å². The van der Waals surface area contributed by atoms with Gasteiger partial charge in [-0.15, -0.1) is 11.3 Å². The number of hydrogen-bond acceptors (Lipinski definition) is 4. The maximum absolute atomic E-state index is 12.9. The minimum absolute atomic E-state index is 0.230. The molecule has 0 amide bonds. The van der Waals surface area contributed by atoms with Gasteiger partial charge in [-0.3, -0.25) is 4.99 Å². The lowest BCUT2D eigenvalue weighted by atomic mass is 10.2. The summed E-state index contributed by atoms with van der Waals surface area (Å²) in [5.41, 5.74) is 1.96. The van der Waals surface area contributed by atoms with Crippen molar-refractivity contribution >= 4 is 22.4 Å². The number of anilines is 1. The molecule has 0 unspecified atom stereocenters. The molecular formula is C15H20FN5S. The van der Waals surface area contributed by atoms with Gasteiger partial charge in [0.15, 0.2) is 11.1 Å². The second-order valence-electron chi connectivity index (χ2n) is 4.92. The van der Waals surface area contributed by atoms with Crippen molar-refractivity contribution in [1.82, 2.24) is 15.6 Å². The molecule has 0 atom stereocenters. The number of nitrogens with zero attached hydrogens (tertiary/aromatic N) is 3. The molecule has 7 heteroatoms. The Hall–Kier alpha value is -2.15. The van der Waals surface area contributed by atoms with Gasteiger partial charge in [0.2, 0.25) is 0 Å². The summed E-state index contributed by atoms with van der Waals surface area (Å²) in [5.74, 6) is 0.454. The molecule has 0 fully saturated rings. The monoisotopic (exact) mass is 321 g/mol. The molecule has 22 heavy (non-hydrogen) atoms. The molecule has 2 aromatic rings. The molecule has 1 aromatic heterocycles. The maximum atomic E-state index is 12.9. The van der Waals surface area contributed by atoms with E-state index >= 15 is 0 Å². The van der Waals surface area contributed by atoms with Crippen molar-refractivity contribution < 1.29 is 4.39 Å². The Labute approximate surface area is 133 Å². The Balaban J connectivity index is 1.83. The highest BCUT2D eigenvalue weighted by Crippen LogP contribution is 2.17. The Morgan fingerprint density at radius 3 is 2.50 bits per heavy atom. The molecule has 2 rings (SSSR count). The average Bonchev–Trinajstić information content (AvgIpc) is 2.98. The molecule has 0 spiro atoms. The number of guanidine groups is 1. The number of aromatic nitrogens is 1. The standard InChI is InChI=1S/C15H20FN5S/c1-17-14(18-8-11-4-6-12(16)7-5-11)19-9-13-10-22-15(20-13)21(2)3/h4-7,10H,8-9H2,1-3H3,(H2,17,18,19). The van der Waals surface area contributed by atoms with Crippen LogP contribution in [0.3, 0.4) is 0 Å². The SMILES string of the molecule is CN=C(NCc1ccc(F)cc1)NCc1csc(N(C)C)n1. The molecule has 118 valence electrons. The molecule has 1 aromatic carbocycles. The van der Waals surface area contributed by atoms with E-state index in [1.807, 2.05) is 24.4 Å². The molecule has 0 aliphatic rings. The number of rotatable bonds is 5. The van der Waals surface area contributed by atoms with Gasteiger partial charge in [-0.1, -0.05) is 12.1 Å². The van der Waals surface area contributed by atoms with Gasteiger partial charge in [0.25, 0.3) is 0 Å². The Bertz CT molecular complexity index is 621. The van der Waals surface area contributed by atoms with Crippen LogP contribution in [0, 0.1) is 5.82 Å². The van der Waals surface area contributed by atoms with Gasteiger partial charge < -0.3 is 15.5 Å². The quantitative estimate of drug-likeness (QED) is 0.655. The lowest BCUT2D eigenvalue weighted by molar-refractivity contribution is 0.626. The smallest absolute Gasteiger partial charge is 0.191 e. The van der Waals surface area contributed by atoms with Crippen LogP contribution in [0.2, 0.25) is 0 Å². The number of thiazole rings is 1. The van der Waals surface area contributed by atoms with Gasteiger partial charge >= 0.3 is 0 Å². The molecule has 0 aliphatic carbocycles. The van der Waals surface area contributed by atoms with Gasteiger partial charge in [0, 0.05) is 33.1 Å². The van der Waals surface area contributed by atoms with Gasteiger partial charge in [-0.05, 0) is 17.7 Å². The summed E-state index contributed by atoms with van der Waals surface area (Å²) in [5, 5.41) is 9.40. The Morgan fingerprint density at radius 2 is 1.91 bits per heavy atom. The summed E-state index contributed by atoms with van der Waals surface area (Å²) in [4.78, 5) is 10.6. The molecule has 0 saturated heterocycles. The molecule has 2 N–H and O–H groups in total. The van der Waals surface area contributed by atoms with Crippen LogP contribution in [0.4, 0.5) is 9.52 Å². The van der Waals surface area contributed by atoms with E-state index in [9.17, 15) is 4.39 Å². The molecule has 0 saturated carbocycles. The van der Waals surface area contributed by atoms with Crippen molar-refractivity contribution in [3.05, 3.63) is 46.7 Å². The third-order valence-corrected chi connectivity index (χ3v) is 4.01. The van der Waals surface area contributed by atoms with Gasteiger partial charge in [0.05, 0.1) is 12.2 Å². The molecule has 1 heterocycles. The zero-order chi connectivity index (χ0) is 15.9. The van der Waals surface area contributed by atoms with E-state index in [0.717, 1.165) is 16.4 Å². The Morgan fingerprint density at radius 1 is 1.23 bits per heavy atom. The number of nitrogens with one attached hydrogen (secondary N) is 2. The third kappa shape index (κ3) is 4.70. The zero-order valence-corrected chi connectivity index (χ0v) is 13.7. The van der Waals surface area contributed by atoms with E-state index in [0.29, 0.717) is 19.0 Å². The maximum Gasteiger partial charge on any atom is 0.191 e. The molecular weight excluding hydrogens is 301 g/mol. The van der Waals surface area contributed by atoms with Crippen LogP contribution in [-0.2, 0) is 13.1 Å². The second kappa shape index (κ2) is 7.74. The predicted octanol–water partition coefficient (Wildman–Crippen LogP) is 2.21. The van der Waals surface area contributed by atoms with Gasteiger partial charge in [-0.2, -0.15) is 0 Å². The first-order chi connectivity index (χ1) is 10.6. The highest BCUT2D eigenvalue weighted by Gasteiger charge is 2.04. The highest BCUT2D eigenvalue weighted by molar-refractivity contribution is 7.13. The fourth-order valence-electron chi connectivity index (χ4n) is 1.77. The van der Waals surface area contributed by atoms with E-state index < -0.39 is 0 Å². The first-order valence-electron chi connectivity index (χ1n) is 6.89. The van der Waals surface area contributed by atoms with Crippen molar-refractivity contribution in [2.75, 3.05) is 26.0 Å². The molecule has 5 nitrogen and oxygen atoms in total. The van der Waals surface area contributed by atoms with E-state index in [1.165, 1.54) is 12.1 Å². The summed E-state index contributed by atoms with van der Waals surface area (Å²) >= 11 is 1.61. The average molecular weight is 321 g/mol. The lowest BCUT2D eigenvalue weighted by Gasteiger charge is -2.11. The van der Waals surface area contributed by atoms with Crippen molar-refractivity contribution in [3.63, 3.8) is 0 Å². The van der Waals surface area contributed by atoms with Crippen molar-refractivity contribution in [2.24, 2.45) is 4.99 Å². The minimum Gasteiger partial charge on any atom is -0.354 e. The number of aliphatic imine (C=N–C) groups is 1. The van der Waals surface area contributed by atoms with Gasteiger partial charge in [0.1, 0.15) is 5.82 Å². The largest absolute Gasteiger partial charge is 0.354 e. The summed E-state index contributed by atoms with van der Waals surface area (Å²) in [6.45, 7) is 1.19. The van der Waals surface area contributed by atoms with Crippen molar-refractivity contribution in [1.29, 1.82) is 0 Å². The Kier molecular flexibility index (Phi) is 5.71. The van der Waals surface area contributed by atoms with Crippen LogP contribution >= 0.6 is 11.3 Å². The summed E-state index contributed by atoms with van der Waals surface area (Å²) in [6, 6.07) is 6.40. The van der Waals surface area contributed by atoms with E-state index in [4.69, 9.17) is 0 Å². The predicted molar refractivity (Wildman–Crippen MR) is 89.9 cm³/mol. The second-order valence-corrected chi connectivity index (χ2v) is 5.76.